The first-order valence-electron chi connectivity index (χ1n) is 7.39. The van der Waals surface area contributed by atoms with Crippen LogP contribution in [0.3, 0.4) is 0 Å². The summed E-state index contributed by atoms with van der Waals surface area (Å²) in [5.74, 6) is 0. The van der Waals surface area contributed by atoms with Gasteiger partial charge >= 0.3 is 0 Å². The van der Waals surface area contributed by atoms with E-state index in [1.807, 2.05) is 0 Å². The summed E-state index contributed by atoms with van der Waals surface area (Å²) in [6.45, 7) is 3.55. The van der Waals surface area contributed by atoms with Crippen molar-refractivity contribution in [2.75, 3.05) is 17.1 Å². The van der Waals surface area contributed by atoms with Gasteiger partial charge in [-0.15, -0.1) is 0 Å². The van der Waals surface area contributed by atoms with Gasteiger partial charge in [-0.3, -0.25) is 9.29 Å². The summed E-state index contributed by atoms with van der Waals surface area (Å²) >= 11 is 0. The molecule has 0 spiro atoms. The minimum Gasteiger partial charge on any atom is -0.266 e. The zero-order chi connectivity index (χ0) is 17.7. The molecule has 1 aliphatic rings. The second kappa shape index (κ2) is 5.56. The summed E-state index contributed by atoms with van der Waals surface area (Å²) in [6.07, 6.45) is 4.89. The third kappa shape index (κ3) is 2.69. The molecule has 0 fully saturated rings. The highest BCUT2D eigenvalue weighted by atomic mass is 32.2. The second-order valence-electron chi connectivity index (χ2n) is 5.99. The molecule has 3 rings (SSSR count). The van der Waals surface area contributed by atoms with Crippen molar-refractivity contribution < 1.29 is 16.8 Å². The van der Waals surface area contributed by atoms with Crippen molar-refractivity contribution >= 4 is 25.5 Å². The lowest BCUT2D eigenvalue weighted by Gasteiger charge is -2.22. The van der Waals surface area contributed by atoms with Gasteiger partial charge in [0.15, 0.2) is 9.84 Å². The Balaban J connectivity index is 2.21. The maximum absolute atomic E-state index is 13.2. The summed E-state index contributed by atoms with van der Waals surface area (Å²) in [4.78, 5) is 4.11. The molecular weight excluding hydrogens is 348 g/mol. The molecule has 0 saturated carbocycles. The summed E-state index contributed by atoms with van der Waals surface area (Å²) in [5.41, 5.74) is 2.32. The van der Waals surface area contributed by atoms with Crippen LogP contribution in [-0.2, 0) is 26.3 Å². The van der Waals surface area contributed by atoms with E-state index < -0.39 is 19.9 Å². The molecule has 6 nitrogen and oxygen atoms in total. The Bertz CT molecular complexity index is 1030. The fraction of sp³-hybridized carbons (Fsp3) is 0.312. The van der Waals surface area contributed by atoms with Gasteiger partial charge in [-0.1, -0.05) is 0 Å². The largest absolute Gasteiger partial charge is 0.266 e. The minimum absolute atomic E-state index is 0.0348. The Labute approximate surface area is 142 Å². The lowest BCUT2D eigenvalue weighted by molar-refractivity contribution is 0.590. The highest BCUT2D eigenvalue weighted by Gasteiger charge is 2.33. The molecule has 1 aliphatic heterocycles. The number of sulfone groups is 1. The maximum Gasteiger partial charge on any atom is 0.264 e. The number of aromatic nitrogens is 1. The van der Waals surface area contributed by atoms with Crippen molar-refractivity contribution in [1.29, 1.82) is 0 Å². The molecule has 2 heterocycles. The van der Waals surface area contributed by atoms with Gasteiger partial charge in [0.25, 0.3) is 10.0 Å². The molecule has 0 radical (unpaired) electrons. The van der Waals surface area contributed by atoms with E-state index in [1.54, 1.807) is 25.4 Å². The fourth-order valence-electron chi connectivity index (χ4n) is 3.01. The zero-order valence-electron chi connectivity index (χ0n) is 13.6. The van der Waals surface area contributed by atoms with Gasteiger partial charge in [-0.05, 0) is 55.2 Å². The number of rotatable bonds is 3. The van der Waals surface area contributed by atoms with Crippen molar-refractivity contribution in [3.63, 3.8) is 0 Å². The number of benzene rings is 1. The highest BCUT2D eigenvalue weighted by molar-refractivity contribution is 7.93. The Morgan fingerprint density at radius 1 is 1.08 bits per heavy atom. The lowest BCUT2D eigenvalue weighted by Crippen LogP contribution is -2.30. The minimum atomic E-state index is -3.85. The van der Waals surface area contributed by atoms with Crippen LogP contribution in [-0.4, -0.2) is 34.6 Å². The molecule has 0 N–H and O–H groups in total. The Morgan fingerprint density at radius 3 is 2.42 bits per heavy atom. The van der Waals surface area contributed by atoms with Gasteiger partial charge in [-0.25, -0.2) is 16.8 Å². The molecule has 24 heavy (non-hydrogen) atoms. The van der Waals surface area contributed by atoms with Crippen LogP contribution in [0.1, 0.15) is 16.7 Å². The predicted molar refractivity (Wildman–Crippen MR) is 91.5 cm³/mol. The number of hydrogen-bond donors (Lipinski definition) is 0. The normalized spacial score (nSPS) is 14.7. The molecule has 1 aromatic carbocycles. The smallest absolute Gasteiger partial charge is 0.264 e. The first-order chi connectivity index (χ1) is 11.1. The summed E-state index contributed by atoms with van der Waals surface area (Å²) in [7, 11) is -7.36. The number of aryl methyl sites for hydroxylation is 1. The number of fused-ring (bicyclic) bond motifs is 1. The van der Waals surface area contributed by atoms with Crippen LogP contribution in [0.25, 0.3) is 0 Å². The van der Waals surface area contributed by atoms with Gasteiger partial charge in [0.2, 0.25) is 0 Å². The molecule has 0 aliphatic carbocycles. The van der Waals surface area contributed by atoms with Crippen LogP contribution < -0.4 is 4.31 Å². The average Bonchev–Trinajstić information content (AvgIpc) is 2.92. The molecule has 128 valence electrons. The molecule has 8 heteroatoms. The molecule has 1 aromatic heterocycles. The van der Waals surface area contributed by atoms with E-state index in [2.05, 4.69) is 4.98 Å². The summed E-state index contributed by atoms with van der Waals surface area (Å²) in [6, 6.07) is 4.70. The molecule has 0 unspecified atom stereocenters. The van der Waals surface area contributed by atoms with Gasteiger partial charge < -0.3 is 0 Å². The van der Waals surface area contributed by atoms with E-state index in [1.165, 1.54) is 23.4 Å². The zero-order valence-corrected chi connectivity index (χ0v) is 15.3. The Morgan fingerprint density at radius 2 is 1.75 bits per heavy atom. The molecule has 0 bridgehead atoms. The first kappa shape index (κ1) is 16.9. The topological polar surface area (TPSA) is 84.4 Å². The van der Waals surface area contributed by atoms with Crippen molar-refractivity contribution in [2.45, 2.75) is 30.1 Å². The van der Waals surface area contributed by atoms with Crippen LogP contribution in [0.15, 0.2) is 40.4 Å². The summed E-state index contributed by atoms with van der Waals surface area (Å²) in [5, 5.41) is 0. The molecule has 0 saturated heterocycles. The number of pyridine rings is 1. The van der Waals surface area contributed by atoms with E-state index in [9.17, 15) is 16.8 Å². The molecular formula is C16H18N2O4S2. The highest BCUT2D eigenvalue weighted by Crippen LogP contribution is 2.34. The maximum atomic E-state index is 13.2. The SMILES string of the molecule is Cc1cc(S(C)(=O)=O)c(C)c(S(=O)(=O)N2CCc3cnccc32)c1. The quantitative estimate of drug-likeness (QED) is 0.828. The Hall–Kier alpha value is -1.93. The lowest BCUT2D eigenvalue weighted by atomic mass is 10.2. The fourth-order valence-corrected chi connectivity index (χ4v) is 5.98. The third-order valence-electron chi connectivity index (χ3n) is 4.16. The van der Waals surface area contributed by atoms with Crippen LogP contribution in [0.5, 0.6) is 0 Å². The standard InChI is InChI=1S/C16H18N2O4S2/c1-11-8-15(23(3,19)20)12(2)16(9-11)24(21,22)18-7-5-13-10-17-6-4-14(13)18/h4,6,8-10H,5,7H2,1-3H3. The average molecular weight is 366 g/mol. The van der Waals surface area contributed by atoms with Crippen molar-refractivity contribution in [3.05, 3.63) is 47.3 Å². The first-order valence-corrected chi connectivity index (χ1v) is 10.7. The second-order valence-corrected chi connectivity index (χ2v) is 9.80. The third-order valence-corrected chi connectivity index (χ3v) is 7.32. The van der Waals surface area contributed by atoms with Crippen LogP contribution in [0, 0.1) is 13.8 Å². The molecule has 0 atom stereocenters. The monoisotopic (exact) mass is 366 g/mol. The van der Waals surface area contributed by atoms with E-state index >= 15 is 0 Å². The summed E-state index contributed by atoms with van der Waals surface area (Å²) < 4.78 is 51.6. The van der Waals surface area contributed by atoms with Gasteiger partial charge in [0, 0.05) is 25.2 Å². The van der Waals surface area contributed by atoms with Gasteiger partial charge in [0.1, 0.15) is 0 Å². The van der Waals surface area contributed by atoms with E-state index in [0.29, 0.717) is 24.2 Å². The van der Waals surface area contributed by atoms with E-state index in [4.69, 9.17) is 0 Å². The van der Waals surface area contributed by atoms with E-state index in [0.717, 1.165) is 11.8 Å². The number of sulfonamides is 1. The van der Waals surface area contributed by atoms with Gasteiger partial charge in [0.05, 0.1) is 15.5 Å². The van der Waals surface area contributed by atoms with Crippen molar-refractivity contribution in [2.24, 2.45) is 0 Å². The number of nitrogens with zero attached hydrogens (tertiary/aromatic N) is 2. The molecule has 2 aromatic rings. The van der Waals surface area contributed by atoms with Crippen molar-refractivity contribution in [3.8, 4) is 0 Å². The molecule has 0 amide bonds. The van der Waals surface area contributed by atoms with Crippen LogP contribution in [0.2, 0.25) is 0 Å². The van der Waals surface area contributed by atoms with Gasteiger partial charge in [-0.2, -0.15) is 0 Å². The predicted octanol–water partition coefficient (Wildman–Crippen LogP) is 1.85. The number of anilines is 1. The number of hydrogen-bond acceptors (Lipinski definition) is 5. The Kier molecular flexibility index (Phi) is 3.92. The van der Waals surface area contributed by atoms with Crippen LogP contribution >= 0.6 is 0 Å². The van der Waals surface area contributed by atoms with Crippen LogP contribution in [0.4, 0.5) is 5.69 Å². The van der Waals surface area contributed by atoms with Crippen molar-refractivity contribution in [1.82, 2.24) is 4.98 Å². The van der Waals surface area contributed by atoms with E-state index in [-0.39, 0.29) is 15.4 Å².